The average Bonchev–Trinajstić information content (AvgIpc) is 3.19. The minimum Gasteiger partial charge on any atom is -0.349 e. The van der Waals surface area contributed by atoms with Crippen LogP contribution in [0.15, 0.2) is 30.5 Å². The molecule has 0 radical (unpaired) electrons. The van der Waals surface area contributed by atoms with Gasteiger partial charge in [-0.2, -0.15) is 18.3 Å². The van der Waals surface area contributed by atoms with Gasteiger partial charge in [0.15, 0.2) is 5.69 Å². The third-order valence-corrected chi connectivity index (χ3v) is 5.41. The second-order valence-electron chi connectivity index (χ2n) is 7.07. The van der Waals surface area contributed by atoms with Gasteiger partial charge in [-0.3, -0.25) is 4.79 Å². The molecule has 2 N–H and O–H groups in total. The quantitative estimate of drug-likeness (QED) is 0.831. The lowest BCUT2D eigenvalue weighted by Crippen LogP contribution is -2.48. The first-order valence-corrected chi connectivity index (χ1v) is 9.17. The first-order valence-electron chi connectivity index (χ1n) is 8.79. The van der Waals surface area contributed by atoms with Crippen molar-refractivity contribution >= 4 is 17.5 Å². The summed E-state index contributed by atoms with van der Waals surface area (Å²) < 4.78 is 41.8. The Morgan fingerprint density at radius 2 is 1.81 bits per heavy atom. The van der Waals surface area contributed by atoms with E-state index in [4.69, 9.17) is 11.6 Å². The van der Waals surface area contributed by atoms with Crippen molar-refractivity contribution in [2.24, 2.45) is 0 Å². The van der Waals surface area contributed by atoms with Crippen LogP contribution < -0.4 is 10.6 Å². The predicted molar refractivity (Wildman–Crippen MR) is 94.0 cm³/mol. The van der Waals surface area contributed by atoms with E-state index in [1.807, 2.05) is 0 Å². The number of hydrogen-bond acceptors (Lipinski definition) is 3. The van der Waals surface area contributed by atoms with Gasteiger partial charge >= 0.3 is 6.18 Å². The van der Waals surface area contributed by atoms with Gasteiger partial charge in [-0.15, -0.1) is 0 Å². The van der Waals surface area contributed by atoms with Crippen LogP contribution in [0.1, 0.15) is 41.7 Å². The van der Waals surface area contributed by atoms with Crippen LogP contribution in [0.4, 0.5) is 13.2 Å². The highest BCUT2D eigenvalue weighted by Gasteiger charge is 2.41. The van der Waals surface area contributed by atoms with Gasteiger partial charge in [0.25, 0.3) is 5.91 Å². The van der Waals surface area contributed by atoms with Gasteiger partial charge in [-0.25, -0.2) is 4.68 Å². The maximum absolute atomic E-state index is 13.7. The molecule has 0 spiro atoms. The lowest BCUT2D eigenvalue weighted by molar-refractivity contribution is -0.143. The number of rotatable bonds is 3. The van der Waals surface area contributed by atoms with Gasteiger partial charge in [-0.1, -0.05) is 11.6 Å². The van der Waals surface area contributed by atoms with Gasteiger partial charge in [0, 0.05) is 23.1 Å². The van der Waals surface area contributed by atoms with E-state index in [9.17, 15) is 18.0 Å². The largest absolute Gasteiger partial charge is 0.434 e. The molecule has 9 heteroatoms. The summed E-state index contributed by atoms with van der Waals surface area (Å²) >= 11 is 5.80. The van der Waals surface area contributed by atoms with Crippen molar-refractivity contribution in [3.63, 3.8) is 0 Å². The van der Waals surface area contributed by atoms with Gasteiger partial charge in [0.1, 0.15) is 0 Å². The third kappa shape index (κ3) is 3.68. The van der Waals surface area contributed by atoms with Gasteiger partial charge in [0.05, 0.1) is 17.4 Å². The standard InChI is InChI=1S/C18H18ClF3N4O/c19-10-1-5-14(6-2-10)26-16(18(20,21)22)15(9-23-26)17(27)25-13-7-11-3-4-12(8-13)24-11/h1-2,5-6,9,11-13,24H,3-4,7-8H2,(H,25,27). The molecule has 2 aliphatic heterocycles. The molecule has 27 heavy (non-hydrogen) atoms. The summed E-state index contributed by atoms with van der Waals surface area (Å²) in [7, 11) is 0. The van der Waals surface area contributed by atoms with E-state index >= 15 is 0 Å². The van der Waals surface area contributed by atoms with Crippen LogP contribution in [-0.4, -0.2) is 33.8 Å². The molecule has 5 nitrogen and oxygen atoms in total. The minimum absolute atomic E-state index is 0.129. The van der Waals surface area contributed by atoms with Crippen LogP contribution in [0.2, 0.25) is 5.02 Å². The minimum atomic E-state index is -4.73. The number of amides is 1. The van der Waals surface area contributed by atoms with Crippen LogP contribution in [0.25, 0.3) is 5.69 Å². The smallest absolute Gasteiger partial charge is 0.349 e. The lowest BCUT2D eigenvalue weighted by atomic mass is 9.99. The van der Waals surface area contributed by atoms with Crippen LogP contribution in [0.3, 0.4) is 0 Å². The van der Waals surface area contributed by atoms with E-state index < -0.39 is 23.3 Å². The molecule has 2 aromatic rings. The molecule has 2 atom stereocenters. The van der Waals surface area contributed by atoms with Crippen molar-refractivity contribution in [2.75, 3.05) is 0 Å². The van der Waals surface area contributed by atoms with E-state index in [1.165, 1.54) is 24.3 Å². The average molecular weight is 399 g/mol. The number of alkyl halides is 3. The van der Waals surface area contributed by atoms with Crippen molar-refractivity contribution in [2.45, 2.75) is 50.0 Å². The van der Waals surface area contributed by atoms with E-state index in [0.717, 1.165) is 36.6 Å². The number of benzene rings is 1. The molecule has 2 aliphatic rings. The number of fused-ring (bicyclic) bond motifs is 2. The molecule has 2 unspecified atom stereocenters. The first kappa shape index (κ1) is 18.3. The number of nitrogens with one attached hydrogen (secondary N) is 2. The summed E-state index contributed by atoms with van der Waals surface area (Å²) in [5.74, 6) is -0.742. The Labute approximate surface area is 158 Å². The highest BCUT2D eigenvalue weighted by molar-refractivity contribution is 6.30. The summed E-state index contributed by atoms with van der Waals surface area (Å²) in [6, 6.07) is 6.33. The summed E-state index contributed by atoms with van der Waals surface area (Å²) in [5.41, 5.74) is -1.37. The zero-order valence-electron chi connectivity index (χ0n) is 14.3. The monoisotopic (exact) mass is 398 g/mol. The summed E-state index contributed by atoms with van der Waals surface area (Å²) in [6.45, 7) is 0. The molecule has 1 amide bonds. The summed E-state index contributed by atoms with van der Waals surface area (Å²) in [6.07, 6.45) is -0.207. The highest BCUT2D eigenvalue weighted by Crippen LogP contribution is 2.34. The summed E-state index contributed by atoms with van der Waals surface area (Å²) in [4.78, 5) is 12.6. The fourth-order valence-electron chi connectivity index (χ4n) is 4.00. The fourth-order valence-corrected chi connectivity index (χ4v) is 4.13. The van der Waals surface area contributed by atoms with Crippen molar-refractivity contribution < 1.29 is 18.0 Å². The highest BCUT2D eigenvalue weighted by atomic mass is 35.5. The van der Waals surface area contributed by atoms with Crippen LogP contribution in [0.5, 0.6) is 0 Å². The Bertz CT molecular complexity index is 837. The Balaban J connectivity index is 1.62. The normalized spacial score (nSPS) is 24.8. The van der Waals surface area contributed by atoms with Crippen molar-refractivity contribution in [3.05, 3.63) is 46.7 Å². The number of piperidine rings is 1. The molecule has 0 aliphatic carbocycles. The third-order valence-electron chi connectivity index (χ3n) is 5.16. The Morgan fingerprint density at radius 1 is 1.19 bits per heavy atom. The predicted octanol–water partition coefficient (Wildman–Crippen LogP) is 3.56. The van der Waals surface area contributed by atoms with Crippen LogP contribution in [-0.2, 0) is 6.18 Å². The molecule has 1 aromatic carbocycles. The Kier molecular flexibility index (Phi) is 4.63. The zero-order valence-corrected chi connectivity index (χ0v) is 15.0. The molecule has 2 fully saturated rings. The fraction of sp³-hybridized carbons (Fsp3) is 0.444. The SMILES string of the molecule is O=C(NC1CC2CCC(C1)N2)c1cnn(-c2ccc(Cl)cc2)c1C(F)(F)F. The number of hydrogen-bond donors (Lipinski definition) is 2. The topological polar surface area (TPSA) is 59.0 Å². The van der Waals surface area contributed by atoms with E-state index in [0.29, 0.717) is 17.1 Å². The first-order chi connectivity index (χ1) is 12.8. The molecular weight excluding hydrogens is 381 g/mol. The molecule has 144 valence electrons. The van der Waals surface area contributed by atoms with Gasteiger partial charge in [0.2, 0.25) is 0 Å². The molecular formula is C18H18ClF3N4O. The zero-order chi connectivity index (χ0) is 19.2. The Hall–Kier alpha value is -2.06. The molecule has 0 saturated carbocycles. The number of carbonyl (C=O) groups is 1. The number of carbonyl (C=O) groups excluding carboxylic acids is 1. The van der Waals surface area contributed by atoms with Crippen molar-refractivity contribution in [1.82, 2.24) is 20.4 Å². The second kappa shape index (κ2) is 6.83. The van der Waals surface area contributed by atoms with Gasteiger partial charge < -0.3 is 10.6 Å². The lowest BCUT2D eigenvalue weighted by Gasteiger charge is -2.29. The number of nitrogens with zero attached hydrogens (tertiary/aromatic N) is 2. The molecule has 2 saturated heterocycles. The Morgan fingerprint density at radius 3 is 2.41 bits per heavy atom. The van der Waals surface area contributed by atoms with Crippen LogP contribution in [0, 0.1) is 0 Å². The molecule has 1 aromatic heterocycles. The second-order valence-corrected chi connectivity index (χ2v) is 7.51. The van der Waals surface area contributed by atoms with E-state index in [2.05, 4.69) is 15.7 Å². The maximum Gasteiger partial charge on any atom is 0.434 e. The van der Waals surface area contributed by atoms with Crippen LogP contribution >= 0.6 is 11.6 Å². The maximum atomic E-state index is 13.7. The molecule has 4 rings (SSSR count). The summed E-state index contributed by atoms with van der Waals surface area (Å²) in [5, 5.41) is 10.4. The van der Waals surface area contributed by atoms with E-state index in [1.54, 1.807) is 0 Å². The molecule has 3 heterocycles. The number of halogens is 4. The molecule has 2 bridgehead atoms. The van der Waals surface area contributed by atoms with Crippen molar-refractivity contribution in [3.8, 4) is 5.69 Å². The van der Waals surface area contributed by atoms with Gasteiger partial charge in [-0.05, 0) is 49.9 Å². The van der Waals surface area contributed by atoms with E-state index in [-0.39, 0.29) is 11.7 Å². The number of aromatic nitrogens is 2. The van der Waals surface area contributed by atoms with Crippen molar-refractivity contribution in [1.29, 1.82) is 0 Å².